The molecule has 1 aromatic rings. The molecule has 4 nitrogen and oxygen atoms in total. The number of amides is 1. The summed E-state index contributed by atoms with van der Waals surface area (Å²) in [7, 11) is 0. The summed E-state index contributed by atoms with van der Waals surface area (Å²) in [5.74, 6) is -1.32. The van der Waals surface area contributed by atoms with Crippen LogP contribution in [0.3, 0.4) is 0 Å². The van der Waals surface area contributed by atoms with Crippen LogP contribution in [0, 0.1) is 0 Å². The van der Waals surface area contributed by atoms with Gasteiger partial charge in [0, 0.05) is 0 Å². The summed E-state index contributed by atoms with van der Waals surface area (Å²) in [6.45, 7) is 4.07. The maximum Gasteiger partial charge on any atom is 0.326 e. The van der Waals surface area contributed by atoms with Gasteiger partial charge in [-0.3, -0.25) is 9.69 Å². The third-order valence-electron chi connectivity index (χ3n) is 3.94. The number of benzene rings is 1. The molecule has 128 valence electrons. The summed E-state index contributed by atoms with van der Waals surface area (Å²) >= 11 is 6.43. The lowest BCUT2D eigenvalue weighted by Gasteiger charge is -2.22. The number of carboxylic acids is 1. The van der Waals surface area contributed by atoms with Crippen LogP contribution in [0.5, 0.6) is 0 Å². The molecule has 1 aliphatic rings. The highest BCUT2D eigenvalue weighted by molar-refractivity contribution is 8.26. The number of unbranched alkanes of at least 4 members (excludes halogenated alkanes) is 1. The molecule has 1 saturated heterocycles. The summed E-state index contributed by atoms with van der Waals surface area (Å²) in [5.41, 5.74) is 2.14. The van der Waals surface area contributed by atoms with E-state index in [0.29, 0.717) is 15.6 Å². The summed E-state index contributed by atoms with van der Waals surface area (Å²) in [4.78, 5) is 25.9. The zero-order valence-corrected chi connectivity index (χ0v) is 15.5. The van der Waals surface area contributed by atoms with Gasteiger partial charge in [-0.1, -0.05) is 74.9 Å². The minimum Gasteiger partial charge on any atom is -0.480 e. The molecule has 0 radical (unpaired) electrons. The number of aryl methyl sites for hydroxylation is 1. The van der Waals surface area contributed by atoms with Crippen molar-refractivity contribution in [2.45, 2.75) is 45.6 Å². The second-order valence-corrected chi connectivity index (χ2v) is 7.32. The van der Waals surface area contributed by atoms with Gasteiger partial charge in [-0.15, -0.1) is 0 Å². The van der Waals surface area contributed by atoms with E-state index in [4.69, 9.17) is 12.2 Å². The van der Waals surface area contributed by atoms with E-state index in [1.165, 1.54) is 22.2 Å². The van der Waals surface area contributed by atoms with E-state index in [1.54, 1.807) is 6.08 Å². The van der Waals surface area contributed by atoms with Crippen LogP contribution < -0.4 is 0 Å². The summed E-state index contributed by atoms with van der Waals surface area (Å²) in [6, 6.07) is 7.07. The first-order valence-electron chi connectivity index (χ1n) is 8.06. The molecule has 1 aromatic carbocycles. The maximum absolute atomic E-state index is 12.6. The van der Waals surface area contributed by atoms with E-state index in [0.717, 1.165) is 24.8 Å². The molecule has 2 rings (SSSR count). The number of rotatable bonds is 7. The SMILES string of the molecule is CCCC[C@@H](C(=O)O)N1C(=O)/C(=C/c2ccc(CC)cc2)SC1=S. The van der Waals surface area contributed by atoms with Crippen molar-refractivity contribution >= 4 is 46.3 Å². The molecule has 6 heteroatoms. The monoisotopic (exact) mass is 363 g/mol. The van der Waals surface area contributed by atoms with Crippen LogP contribution >= 0.6 is 24.0 Å². The molecule has 0 saturated carbocycles. The van der Waals surface area contributed by atoms with Gasteiger partial charge in [-0.2, -0.15) is 0 Å². The van der Waals surface area contributed by atoms with Crippen LogP contribution in [0.2, 0.25) is 0 Å². The molecule has 0 unspecified atom stereocenters. The highest BCUT2D eigenvalue weighted by Gasteiger charge is 2.40. The van der Waals surface area contributed by atoms with Gasteiger partial charge in [-0.25, -0.2) is 4.79 Å². The van der Waals surface area contributed by atoms with Gasteiger partial charge in [-0.05, 0) is 30.0 Å². The van der Waals surface area contributed by atoms with Gasteiger partial charge in [0.1, 0.15) is 10.4 Å². The molecule has 0 bridgehead atoms. The van der Waals surface area contributed by atoms with Crippen molar-refractivity contribution in [3.63, 3.8) is 0 Å². The highest BCUT2D eigenvalue weighted by Crippen LogP contribution is 2.35. The van der Waals surface area contributed by atoms with Crippen molar-refractivity contribution in [1.82, 2.24) is 4.90 Å². The molecule has 1 aliphatic heterocycles. The van der Waals surface area contributed by atoms with Gasteiger partial charge >= 0.3 is 5.97 Å². The van der Waals surface area contributed by atoms with E-state index in [9.17, 15) is 14.7 Å². The van der Waals surface area contributed by atoms with E-state index >= 15 is 0 Å². The van der Waals surface area contributed by atoms with Crippen LogP contribution in [0.1, 0.15) is 44.2 Å². The Bertz CT molecular complexity index is 667. The second-order valence-electron chi connectivity index (χ2n) is 5.64. The number of nitrogens with zero attached hydrogens (tertiary/aromatic N) is 1. The van der Waals surface area contributed by atoms with Crippen molar-refractivity contribution < 1.29 is 14.7 Å². The summed E-state index contributed by atoms with van der Waals surface area (Å²) < 4.78 is 0.319. The van der Waals surface area contributed by atoms with Crippen molar-refractivity contribution in [3.05, 3.63) is 40.3 Å². The molecule has 0 aromatic heterocycles. The quantitative estimate of drug-likeness (QED) is 0.584. The lowest BCUT2D eigenvalue weighted by molar-refractivity contribution is -0.145. The third-order valence-corrected chi connectivity index (χ3v) is 5.27. The zero-order chi connectivity index (χ0) is 17.7. The standard InChI is InChI=1S/C18H21NO3S2/c1-3-5-6-14(17(21)22)19-16(20)15(24-18(19)23)11-13-9-7-12(4-2)8-10-13/h7-11,14H,3-6H2,1-2H3,(H,21,22)/b15-11-/t14-/m0/s1. The average molecular weight is 364 g/mol. The summed E-state index contributed by atoms with van der Waals surface area (Å²) in [6.07, 6.45) is 4.76. The van der Waals surface area contributed by atoms with Gasteiger partial charge < -0.3 is 5.11 Å². The fraction of sp³-hybridized carbons (Fsp3) is 0.389. The first-order valence-corrected chi connectivity index (χ1v) is 9.29. The number of carbonyl (C=O) groups is 2. The zero-order valence-electron chi connectivity index (χ0n) is 13.8. The average Bonchev–Trinajstić information content (AvgIpc) is 2.83. The summed E-state index contributed by atoms with van der Waals surface area (Å²) in [5, 5.41) is 9.45. The molecule has 1 N–H and O–H groups in total. The molecular weight excluding hydrogens is 342 g/mol. The number of carboxylic acid groups (broad SMARTS) is 1. The molecule has 0 spiro atoms. The van der Waals surface area contributed by atoms with Gasteiger partial charge in [0.2, 0.25) is 0 Å². The Balaban J connectivity index is 2.23. The van der Waals surface area contributed by atoms with Gasteiger partial charge in [0.15, 0.2) is 0 Å². The molecule has 0 aliphatic carbocycles. The molecular formula is C18H21NO3S2. The number of carbonyl (C=O) groups excluding carboxylic acids is 1. The highest BCUT2D eigenvalue weighted by atomic mass is 32.2. The number of thioether (sulfide) groups is 1. The van der Waals surface area contributed by atoms with E-state index in [2.05, 4.69) is 6.92 Å². The van der Waals surface area contributed by atoms with Crippen LogP contribution in [0.25, 0.3) is 6.08 Å². The lowest BCUT2D eigenvalue weighted by Crippen LogP contribution is -2.43. The van der Waals surface area contributed by atoms with Crippen LogP contribution in [0.15, 0.2) is 29.2 Å². The molecule has 24 heavy (non-hydrogen) atoms. The normalized spacial score (nSPS) is 17.6. The Morgan fingerprint density at radius 1 is 1.33 bits per heavy atom. The minimum absolute atomic E-state index is 0.312. The Labute approximate surface area is 151 Å². The van der Waals surface area contributed by atoms with Crippen LogP contribution in [-0.2, 0) is 16.0 Å². The number of hydrogen-bond donors (Lipinski definition) is 1. The molecule has 1 amide bonds. The minimum atomic E-state index is -1.01. The van der Waals surface area contributed by atoms with Crippen molar-refractivity contribution in [2.75, 3.05) is 0 Å². The predicted octanol–water partition coefficient (Wildman–Crippen LogP) is 4.09. The third kappa shape index (κ3) is 4.24. The number of thiocarbonyl (C=S) groups is 1. The first kappa shape index (κ1) is 18.7. The number of hydrogen-bond acceptors (Lipinski definition) is 4. The topological polar surface area (TPSA) is 57.6 Å². The van der Waals surface area contributed by atoms with E-state index in [-0.39, 0.29) is 5.91 Å². The molecule has 1 fully saturated rings. The predicted molar refractivity (Wildman–Crippen MR) is 102 cm³/mol. The van der Waals surface area contributed by atoms with Crippen LogP contribution in [0.4, 0.5) is 0 Å². The molecule has 1 atom stereocenters. The fourth-order valence-electron chi connectivity index (χ4n) is 2.51. The Hall–Kier alpha value is -1.66. The van der Waals surface area contributed by atoms with Crippen molar-refractivity contribution in [3.8, 4) is 0 Å². The maximum atomic E-state index is 12.6. The first-order chi connectivity index (χ1) is 11.5. The lowest BCUT2D eigenvalue weighted by atomic mass is 10.1. The van der Waals surface area contributed by atoms with Gasteiger partial charge in [0.25, 0.3) is 5.91 Å². The Morgan fingerprint density at radius 3 is 2.54 bits per heavy atom. The largest absolute Gasteiger partial charge is 0.480 e. The number of aliphatic carboxylic acids is 1. The van der Waals surface area contributed by atoms with Crippen molar-refractivity contribution in [2.24, 2.45) is 0 Å². The second kappa shape index (κ2) is 8.44. The molecule has 1 heterocycles. The Morgan fingerprint density at radius 2 is 2.00 bits per heavy atom. The van der Waals surface area contributed by atoms with Crippen LogP contribution in [-0.4, -0.2) is 32.2 Å². The van der Waals surface area contributed by atoms with E-state index < -0.39 is 12.0 Å². The fourth-order valence-corrected chi connectivity index (χ4v) is 3.87. The Kier molecular flexibility index (Phi) is 6.57. The van der Waals surface area contributed by atoms with E-state index in [1.807, 2.05) is 31.2 Å². The van der Waals surface area contributed by atoms with Gasteiger partial charge in [0.05, 0.1) is 4.91 Å². The van der Waals surface area contributed by atoms with Crippen molar-refractivity contribution in [1.29, 1.82) is 0 Å². The smallest absolute Gasteiger partial charge is 0.326 e.